The van der Waals surface area contributed by atoms with Crippen molar-refractivity contribution in [2.45, 2.75) is 49.5 Å². The fourth-order valence-electron chi connectivity index (χ4n) is 3.80. The highest BCUT2D eigenvalue weighted by atomic mass is 32.2. The number of nitrogens with zero attached hydrogens (tertiary/aromatic N) is 2. The highest BCUT2D eigenvalue weighted by Crippen LogP contribution is 2.27. The Balaban J connectivity index is 1.43. The number of fused-ring (bicyclic) bond motifs is 1. The van der Waals surface area contributed by atoms with Crippen LogP contribution >= 0.6 is 0 Å². The van der Waals surface area contributed by atoms with E-state index in [2.05, 4.69) is 4.98 Å². The predicted molar refractivity (Wildman–Crippen MR) is 99.7 cm³/mol. The highest BCUT2D eigenvalue weighted by Gasteiger charge is 2.30. The first-order valence-electron chi connectivity index (χ1n) is 9.32. The minimum Gasteiger partial charge on any atom is -0.474 e. The molecule has 0 N–H and O–H groups in total. The van der Waals surface area contributed by atoms with Gasteiger partial charge in [0, 0.05) is 25.4 Å². The quantitative estimate of drug-likeness (QED) is 0.827. The van der Waals surface area contributed by atoms with Gasteiger partial charge in [-0.1, -0.05) is 12.1 Å². The lowest BCUT2D eigenvalue weighted by Gasteiger charge is -2.31. The van der Waals surface area contributed by atoms with Gasteiger partial charge in [0.1, 0.15) is 6.10 Å². The molecule has 2 aliphatic rings. The number of piperidine rings is 1. The van der Waals surface area contributed by atoms with E-state index in [-0.39, 0.29) is 6.10 Å². The van der Waals surface area contributed by atoms with Crippen LogP contribution in [0.4, 0.5) is 0 Å². The Morgan fingerprint density at radius 3 is 2.50 bits per heavy atom. The maximum absolute atomic E-state index is 13.0. The third-order valence-electron chi connectivity index (χ3n) is 5.28. The molecule has 0 spiro atoms. The van der Waals surface area contributed by atoms with Gasteiger partial charge < -0.3 is 4.74 Å². The van der Waals surface area contributed by atoms with E-state index in [1.165, 1.54) is 17.5 Å². The molecule has 1 aromatic heterocycles. The number of benzene rings is 1. The number of hydrogen-bond acceptors (Lipinski definition) is 4. The summed E-state index contributed by atoms with van der Waals surface area (Å²) in [6.45, 7) is 0.966. The van der Waals surface area contributed by atoms with Gasteiger partial charge in [0.2, 0.25) is 15.9 Å². The number of hydrogen-bond donors (Lipinski definition) is 0. The molecule has 1 aliphatic heterocycles. The number of aryl methyl sites for hydroxylation is 2. The summed E-state index contributed by atoms with van der Waals surface area (Å²) in [5, 5.41) is 0. The molecular weight excluding hydrogens is 348 g/mol. The zero-order valence-electron chi connectivity index (χ0n) is 14.8. The van der Waals surface area contributed by atoms with E-state index in [1.807, 2.05) is 30.3 Å². The second-order valence-electron chi connectivity index (χ2n) is 7.03. The van der Waals surface area contributed by atoms with Crippen LogP contribution in [0.1, 0.15) is 36.8 Å². The first-order chi connectivity index (χ1) is 12.6. The highest BCUT2D eigenvalue weighted by molar-refractivity contribution is 7.89. The van der Waals surface area contributed by atoms with Crippen LogP contribution in [0.5, 0.6) is 5.88 Å². The molecule has 4 rings (SSSR count). The van der Waals surface area contributed by atoms with Gasteiger partial charge in [0.25, 0.3) is 0 Å². The number of aromatic nitrogens is 1. The zero-order chi connectivity index (χ0) is 18.0. The molecule has 2 heterocycles. The number of sulfonamides is 1. The topological polar surface area (TPSA) is 59.5 Å². The molecule has 1 fully saturated rings. The third-order valence-corrected chi connectivity index (χ3v) is 7.18. The molecule has 1 aromatic carbocycles. The molecule has 0 atom stereocenters. The SMILES string of the molecule is O=S(=O)(c1ccc2c(c1)CCCC2)N1CCC(Oc2ccccn2)CC1. The molecule has 1 aliphatic carbocycles. The summed E-state index contributed by atoms with van der Waals surface area (Å²) in [5.74, 6) is 0.600. The Labute approximate surface area is 155 Å². The van der Waals surface area contributed by atoms with Gasteiger partial charge in [0.15, 0.2) is 0 Å². The first kappa shape index (κ1) is 17.5. The summed E-state index contributed by atoms with van der Waals surface area (Å²) in [7, 11) is -3.43. The Hall–Kier alpha value is -1.92. The number of ether oxygens (including phenoxy) is 1. The van der Waals surface area contributed by atoms with Crippen LogP contribution in [-0.4, -0.2) is 36.9 Å². The van der Waals surface area contributed by atoms with Crippen molar-refractivity contribution in [3.63, 3.8) is 0 Å². The van der Waals surface area contributed by atoms with Gasteiger partial charge in [-0.05, 0) is 67.9 Å². The first-order valence-corrected chi connectivity index (χ1v) is 10.8. The van der Waals surface area contributed by atoms with Crippen molar-refractivity contribution in [2.75, 3.05) is 13.1 Å². The molecule has 138 valence electrons. The van der Waals surface area contributed by atoms with Crippen LogP contribution in [0.25, 0.3) is 0 Å². The number of pyridine rings is 1. The zero-order valence-corrected chi connectivity index (χ0v) is 15.6. The summed E-state index contributed by atoms with van der Waals surface area (Å²) in [4.78, 5) is 4.61. The molecule has 26 heavy (non-hydrogen) atoms. The number of rotatable bonds is 4. The molecule has 0 saturated carbocycles. The molecule has 1 saturated heterocycles. The average molecular weight is 372 g/mol. The second kappa shape index (κ2) is 7.37. The lowest BCUT2D eigenvalue weighted by atomic mass is 9.92. The Bertz CT molecular complexity index is 860. The van der Waals surface area contributed by atoms with Gasteiger partial charge >= 0.3 is 0 Å². The lowest BCUT2D eigenvalue weighted by Crippen LogP contribution is -2.41. The van der Waals surface area contributed by atoms with Gasteiger partial charge in [0.05, 0.1) is 4.90 Å². The van der Waals surface area contributed by atoms with Crippen molar-refractivity contribution in [1.29, 1.82) is 0 Å². The van der Waals surface area contributed by atoms with Crippen molar-refractivity contribution in [1.82, 2.24) is 9.29 Å². The molecule has 0 radical (unpaired) electrons. The molecule has 0 bridgehead atoms. The summed E-state index contributed by atoms with van der Waals surface area (Å²) < 4.78 is 33.5. The van der Waals surface area contributed by atoms with Crippen molar-refractivity contribution in [3.05, 3.63) is 53.7 Å². The lowest BCUT2D eigenvalue weighted by molar-refractivity contribution is 0.130. The van der Waals surface area contributed by atoms with Crippen LogP contribution in [0.3, 0.4) is 0 Å². The van der Waals surface area contributed by atoms with Gasteiger partial charge in [-0.15, -0.1) is 0 Å². The second-order valence-corrected chi connectivity index (χ2v) is 8.96. The van der Waals surface area contributed by atoms with Crippen LogP contribution in [0, 0.1) is 0 Å². The smallest absolute Gasteiger partial charge is 0.243 e. The maximum atomic E-state index is 13.0. The van der Waals surface area contributed by atoms with Gasteiger partial charge in [-0.3, -0.25) is 0 Å². The summed E-state index contributed by atoms with van der Waals surface area (Å²) >= 11 is 0. The summed E-state index contributed by atoms with van der Waals surface area (Å²) in [6, 6.07) is 11.2. The third kappa shape index (κ3) is 3.62. The van der Waals surface area contributed by atoms with E-state index in [0.717, 1.165) is 19.3 Å². The van der Waals surface area contributed by atoms with Crippen LogP contribution in [-0.2, 0) is 22.9 Å². The van der Waals surface area contributed by atoms with Crippen LogP contribution in [0.2, 0.25) is 0 Å². The van der Waals surface area contributed by atoms with E-state index in [9.17, 15) is 8.42 Å². The predicted octanol–water partition coefficient (Wildman–Crippen LogP) is 3.19. The normalized spacial score (nSPS) is 19.1. The minimum absolute atomic E-state index is 0.0138. The van der Waals surface area contributed by atoms with E-state index >= 15 is 0 Å². The fraction of sp³-hybridized carbons (Fsp3) is 0.450. The minimum atomic E-state index is -3.43. The molecular formula is C20H24N2O3S. The molecule has 6 heteroatoms. The Kier molecular flexibility index (Phi) is 4.96. The van der Waals surface area contributed by atoms with E-state index < -0.39 is 10.0 Å². The van der Waals surface area contributed by atoms with Crippen molar-refractivity contribution in [2.24, 2.45) is 0 Å². The molecule has 0 unspecified atom stereocenters. The molecule has 5 nitrogen and oxygen atoms in total. The summed E-state index contributed by atoms with van der Waals surface area (Å²) in [5.41, 5.74) is 2.50. The van der Waals surface area contributed by atoms with E-state index in [0.29, 0.717) is 36.7 Å². The largest absolute Gasteiger partial charge is 0.474 e. The Morgan fingerprint density at radius 1 is 1.00 bits per heavy atom. The monoisotopic (exact) mass is 372 g/mol. The van der Waals surface area contributed by atoms with Gasteiger partial charge in [-0.25, -0.2) is 13.4 Å². The van der Waals surface area contributed by atoms with Crippen molar-refractivity contribution < 1.29 is 13.2 Å². The van der Waals surface area contributed by atoms with Crippen LogP contribution < -0.4 is 4.74 Å². The van der Waals surface area contributed by atoms with E-state index in [4.69, 9.17) is 4.74 Å². The van der Waals surface area contributed by atoms with Gasteiger partial charge in [-0.2, -0.15) is 4.31 Å². The van der Waals surface area contributed by atoms with Crippen LogP contribution in [0.15, 0.2) is 47.5 Å². The molecule has 0 amide bonds. The fourth-order valence-corrected chi connectivity index (χ4v) is 5.32. The van der Waals surface area contributed by atoms with E-state index in [1.54, 1.807) is 16.6 Å². The van der Waals surface area contributed by atoms with Crippen molar-refractivity contribution >= 4 is 10.0 Å². The average Bonchev–Trinajstić information content (AvgIpc) is 2.69. The molecule has 2 aromatic rings. The summed E-state index contributed by atoms with van der Waals surface area (Å²) in [6.07, 6.45) is 7.46. The standard InChI is InChI=1S/C20H24N2O3S/c23-26(24,19-9-8-16-5-1-2-6-17(16)15-19)22-13-10-18(11-14-22)25-20-7-3-4-12-21-20/h3-4,7-9,12,15,18H,1-2,5-6,10-11,13-14H2. The maximum Gasteiger partial charge on any atom is 0.243 e. The Morgan fingerprint density at radius 2 is 1.77 bits per heavy atom. The van der Waals surface area contributed by atoms with Crippen molar-refractivity contribution in [3.8, 4) is 5.88 Å².